The van der Waals surface area contributed by atoms with E-state index in [1.807, 2.05) is 6.08 Å². The second kappa shape index (κ2) is 7.24. The minimum absolute atomic E-state index is 1.05. The first-order valence-electron chi connectivity index (χ1n) is 7.24. The van der Waals surface area contributed by atoms with E-state index in [0.717, 1.165) is 6.54 Å². The van der Waals surface area contributed by atoms with Crippen LogP contribution in [0.15, 0.2) is 12.7 Å². The summed E-state index contributed by atoms with van der Waals surface area (Å²) >= 11 is 0. The van der Waals surface area contributed by atoms with Crippen LogP contribution in [0.1, 0.15) is 0 Å². The second-order valence-electron chi connectivity index (χ2n) is 5.58. The van der Waals surface area contributed by atoms with E-state index in [9.17, 15) is 0 Å². The molecule has 0 bridgehead atoms. The fourth-order valence-electron chi connectivity index (χ4n) is 2.73. The lowest BCUT2D eigenvalue weighted by Gasteiger charge is -2.37. The van der Waals surface area contributed by atoms with Crippen LogP contribution in [0.3, 0.4) is 0 Å². The summed E-state index contributed by atoms with van der Waals surface area (Å²) in [4.78, 5) is 10.1. The highest BCUT2D eigenvalue weighted by Crippen LogP contribution is 2.03. The van der Waals surface area contributed by atoms with Gasteiger partial charge < -0.3 is 4.90 Å². The van der Waals surface area contributed by atoms with Gasteiger partial charge in [0.1, 0.15) is 0 Å². The smallest absolute Gasteiger partial charge is 0.0161 e. The molecule has 2 rings (SSSR count). The van der Waals surface area contributed by atoms with E-state index in [0.29, 0.717) is 0 Å². The van der Waals surface area contributed by atoms with E-state index in [1.54, 1.807) is 0 Å². The highest BCUT2D eigenvalue weighted by molar-refractivity contribution is 4.79. The highest BCUT2D eigenvalue weighted by atomic mass is 15.3. The van der Waals surface area contributed by atoms with Gasteiger partial charge in [0.25, 0.3) is 0 Å². The van der Waals surface area contributed by atoms with Gasteiger partial charge >= 0.3 is 0 Å². The topological polar surface area (TPSA) is 13.0 Å². The summed E-state index contributed by atoms with van der Waals surface area (Å²) in [5, 5.41) is 0. The molecule has 0 saturated carbocycles. The molecule has 2 heterocycles. The first-order chi connectivity index (χ1) is 8.78. The lowest BCUT2D eigenvalue weighted by molar-refractivity contribution is 0.106. The van der Waals surface area contributed by atoms with Gasteiger partial charge in [-0.15, -0.1) is 6.58 Å². The van der Waals surface area contributed by atoms with E-state index < -0.39 is 0 Å². The zero-order chi connectivity index (χ0) is 12.8. The average molecular weight is 252 g/mol. The molecule has 0 aromatic rings. The van der Waals surface area contributed by atoms with Crippen molar-refractivity contribution in [3.8, 4) is 0 Å². The van der Waals surface area contributed by atoms with Crippen LogP contribution in [0.25, 0.3) is 0 Å². The Kier molecular flexibility index (Phi) is 5.63. The molecule has 0 radical (unpaired) electrons. The molecule has 0 aliphatic carbocycles. The standard InChI is InChI=1S/C14H28N4/c1-3-4-16-9-11-18(12-10-16)14-13-17-7-5-15(2)6-8-17/h3H,1,4-14H2,2H3. The van der Waals surface area contributed by atoms with Gasteiger partial charge in [-0.25, -0.2) is 0 Å². The van der Waals surface area contributed by atoms with Crippen LogP contribution in [-0.2, 0) is 0 Å². The molecule has 2 fully saturated rings. The molecule has 4 nitrogen and oxygen atoms in total. The summed E-state index contributed by atoms with van der Waals surface area (Å²) in [7, 11) is 2.22. The number of hydrogen-bond acceptors (Lipinski definition) is 4. The normalized spacial score (nSPS) is 25.4. The van der Waals surface area contributed by atoms with Crippen LogP contribution in [0.4, 0.5) is 0 Å². The predicted molar refractivity (Wildman–Crippen MR) is 77.0 cm³/mol. The quantitative estimate of drug-likeness (QED) is 0.640. The van der Waals surface area contributed by atoms with Gasteiger partial charge in [0.2, 0.25) is 0 Å². The Bertz CT molecular complexity index is 240. The van der Waals surface area contributed by atoms with E-state index in [-0.39, 0.29) is 0 Å². The molecule has 0 amide bonds. The third-order valence-electron chi connectivity index (χ3n) is 4.18. The molecule has 0 aromatic carbocycles. The molecule has 0 unspecified atom stereocenters. The minimum atomic E-state index is 1.05. The average Bonchev–Trinajstić information content (AvgIpc) is 2.40. The van der Waals surface area contributed by atoms with E-state index in [4.69, 9.17) is 0 Å². The van der Waals surface area contributed by atoms with Crippen LogP contribution in [0, 0.1) is 0 Å². The molecule has 2 saturated heterocycles. The van der Waals surface area contributed by atoms with Crippen molar-refractivity contribution in [1.82, 2.24) is 19.6 Å². The van der Waals surface area contributed by atoms with Crippen LogP contribution in [0.5, 0.6) is 0 Å². The van der Waals surface area contributed by atoms with Crippen LogP contribution < -0.4 is 0 Å². The minimum Gasteiger partial charge on any atom is -0.304 e. The summed E-state index contributed by atoms with van der Waals surface area (Å²) in [6.07, 6.45) is 2.01. The Morgan fingerprint density at radius 3 is 1.72 bits per heavy atom. The lowest BCUT2D eigenvalue weighted by Crippen LogP contribution is -2.50. The monoisotopic (exact) mass is 252 g/mol. The molecule has 2 aliphatic rings. The van der Waals surface area contributed by atoms with Crippen molar-refractivity contribution < 1.29 is 0 Å². The summed E-state index contributed by atoms with van der Waals surface area (Å²) in [5.41, 5.74) is 0. The first-order valence-corrected chi connectivity index (χ1v) is 7.24. The summed E-state index contributed by atoms with van der Waals surface area (Å²) in [6.45, 7) is 17.1. The molecule has 4 heteroatoms. The summed E-state index contributed by atoms with van der Waals surface area (Å²) < 4.78 is 0. The molecular weight excluding hydrogens is 224 g/mol. The maximum atomic E-state index is 3.81. The van der Waals surface area contributed by atoms with Crippen molar-refractivity contribution in [1.29, 1.82) is 0 Å². The Morgan fingerprint density at radius 2 is 1.22 bits per heavy atom. The summed E-state index contributed by atoms with van der Waals surface area (Å²) in [5.74, 6) is 0. The van der Waals surface area contributed by atoms with E-state index in [1.165, 1.54) is 65.4 Å². The van der Waals surface area contributed by atoms with Gasteiger partial charge in [-0.1, -0.05) is 6.08 Å². The van der Waals surface area contributed by atoms with Crippen molar-refractivity contribution in [2.24, 2.45) is 0 Å². The van der Waals surface area contributed by atoms with Gasteiger partial charge in [0.15, 0.2) is 0 Å². The van der Waals surface area contributed by atoms with Gasteiger partial charge in [0.05, 0.1) is 0 Å². The SMILES string of the molecule is C=CCN1CCN(CCN2CCN(C)CC2)CC1. The third kappa shape index (κ3) is 4.35. The zero-order valence-electron chi connectivity index (χ0n) is 11.9. The Labute approximate surface area is 112 Å². The Balaban J connectivity index is 1.59. The number of rotatable bonds is 5. The lowest BCUT2D eigenvalue weighted by atomic mass is 10.3. The molecule has 2 aliphatic heterocycles. The van der Waals surface area contributed by atoms with Crippen molar-refractivity contribution in [2.75, 3.05) is 79.0 Å². The van der Waals surface area contributed by atoms with Crippen molar-refractivity contribution in [2.45, 2.75) is 0 Å². The fraction of sp³-hybridized carbons (Fsp3) is 0.857. The molecular formula is C14H28N4. The zero-order valence-corrected chi connectivity index (χ0v) is 11.9. The molecule has 0 atom stereocenters. The second-order valence-corrected chi connectivity index (χ2v) is 5.58. The first kappa shape index (κ1) is 14.0. The summed E-state index contributed by atoms with van der Waals surface area (Å²) in [6, 6.07) is 0. The highest BCUT2D eigenvalue weighted by Gasteiger charge is 2.18. The van der Waals surface area contributed by atoms with Gasteiger partial charge in [-0.3, -0.25) is 14.7 Å². The van der Waals surface area contributed by atoms with Gasteiger partial charge in [0, 0.05) is 72.0 Å². The van der Waals surface area contributed by atoms with Gasteiger partial charge in [-0.05, 0) is 7.05 Å². The van der Waals surface area contributed by atoms with Crippen molar-refractivity contribution in [3.63, 3.8) is 0 Å². The fourth-order valence-corrected chi connectivity index (χ4v) is 2.73. The van der Waals surface area contributed by atoms with E-state index in [2.05, 4.69) is 33.2 Å². The molecule has 0 spiro atoms. The molecule has 18 heavy (non-hydrogen) atoms. The maximum absolute atomic E-state index is 3.81. The van der Waals surface area contributed by atoms with E-state index >= 15 is 0 Å². The Hall–Kier alpha value is -0.420. The van der Waals surface area contributed by atoms with Crippen LogP contribution in [0.2, 0.25) is 0 Å². The predicted octanol–water partition coefficient (Wildman–Crippen LogP) is 0.0374. The Morgan fingerprint density at radius 1 is 0.778 bits per heavy atom. The number of piperazine rings is 2. The van der Waals surface area contributed by atoms with Gasteiger partial charge in [-0.2, -0.15) is 0 Å². The number of nitrogens with zero attached hydrogens (tertiary/aromatic N) is 4. The number of likely N-dealkylation sites (N-methyl/N-ethyl adjacent to an activating group) is 1. The molecule has 104 valence electrons. The third-order valence-corrected chi connectivity index (χ3v) is 4.18. The van der Waals surface area contributed by atoms with Crippen molar-refractivity contribution >= 4 is 0 Å². The van der Waals surface area contributed by atoms with Crippen LogP contribution in [-0.4, -0.2) is 98.6 Å². The van der Waals surface area contributed by atoms with Crippen LogP contribution >= 0.6 is 0 Å². The molecule has 0 N–H and O–H groups in total. The molecule has 0 aromatic heterocycles. The largest absolute Gasteiger partial charge is 0.304 e. The van der Waals surface area contributed by atoms with Crippen molar-refractivity contribution in [3.05, 3.63) is 12.7 Å². The maximum Gasteiger partial charge on any atom is 0.0161 e. The number of hydrogen-bond donors (Lipinski definition) is 0.